The third kappa shape index (κ3) is 3.55. The maximum absolute atomic E-state index is 14.6. The predicted molar refractivity (Wildman–Crippen MR) is 113 cm³/mol. The van der Waals surface area contributed by atoms with E-state index < -0.39 is 11.6 Å². The number of likely N-dealkylation sites (N-methyl/N-ethyl adjacent to an activating group) is 1. The number of nitrogens with zero attached hydrogens (tertiary/aromatic N) is 4. The van der Waals surface area contributed by atoms with Crippen LogP contribution in [-0.4, -0.2) is 56.3 Å². The number of hydrogen-bond acceptors (Lipinski definition) is 6. The lowest BCUT2D eigenvalue weighted by molar-refractivity contribution is -0.0373. The highest BCUT2D eigenvalue weighted by atomic mass is 19.1. The summed E-state index contributed by atoms with van der Waals surface area (Å²) in [5.74, 6) is -0.487. The van der Waals surface area contributed by atoms with Gasteiger partial charge in [-0.05, 0) is 45.2 Å². The predicted octanol–water partition coefficient (Wildman–Crippen LogP) is 4.09. The molecular weight excluding hydrogens is 402 g/mol. The molecule has 3 aromatic rings. The Kier molecular flexibility index (Phi) is 5.10. The Labute approximate surface area is 179 Å². The number of aromatic nitrogens is 4. The third-order valence-electron chi connectivity index (χ3n) is 6.65. The molecule has 4 heterocycles. The lowest BCUT2D eigenvalue weighted by atomic mass is 9.76. The van der Waals surface area contributed by atoms with Crippen LogP contribution in [0.3, 0.4) is 0 Å². The topological polar surface area (TPSA) is 79.0 Å². The molecule has 9 heteroatoms. The molecule has 164 valence electrons. The van der Waals surface area contributed by atoms with E-state index in [0.717, 1.165) is 44.5 Å². The molecule has 1 aliphatic carbocycles. The van der Waals surface area contributed by atoms with E-state index in [1.165, 1.54) is 6.07 Å². The SMILES string of the molecule is CC[C@@H]1N(C)CO[C@@]12CCC[C@H](Nc1nc(-c3c[nH]c4ncc(F)cc34)ncc1F)C2. The van der Waals surface area contributed by atoms with Crippen molar-refractivity contribution in [2.75, 3.05) is 19.1 Å². The highest BCUT2D eigenvalue weighted by Gasteiger charge is 2.49. The Morgan fingerprint density at radius 2 is 2.19 bits per heavy atom. The Hall–Kier alpha value is -2.65. The van der Waals surface area contributed by atoms with Gasteiger partial charge >= 0.3 is 0 Å². The van der Waals surface area contributed by atoms with Crippen molar-refractivity contribution in [3.63, 3.8) is 0 Å². The van der Waals surface area contributed by atoms with Crippen LogP contribution in [0.2, 0.25) is 0 Å². The van der Waals surface area contributed by atoms with Crippen molar-refractivity contribution in [2.24, 2.45) is 0 Å². The second-order valence-electron chi connectivity index (χ2n) is 8.60. The van der Waals surface area contributed by atoms with Crippen LogP contribution in [0.4, 0.5) is 14.6 Å². The highest BCUT2D eigenvalue weighted by Crippen LogP contribution is 2.42. The van der Waals surface area contributed by atoms with Crippen molar-refractivity contribution < 1.29 is 13.5 Å². The molecule has 7 nitrogen and oxygen atoms in total. The molecule has 2 N–H and O–H groups in total. The first-order valence-corrected chi connectivity index (χ1v) is 10.8. The van der Waals surface area contributed by atoms with E-state index in [1.807, 2.05) is 0 Å². The number of ether oxygens (including phenoxy) is 1. The summed E-state index contributed by atoms with van der Waals surface area (Å²) in [6, 6.07) is 1.78. The smallest absolute Gasteiger partial charge is 0.183 e. The number of anilines is 1. The molecule has 5 rings (SSSR count). The molecule has 0 radical (unpaired) electrons. The summed E-state index contributed by atoms with van der Waals surface area (Å²) in [5, 5.41) is 3.85. The zero-order valence-electron chi connectivity index (χ0n) is 17.7. The number of nitrogens with one attached hydrogen (secondary N) is 2. The van der Waals surface area contributed by atoms with Crippen LogP contribution in [0.25, 0.3) is 22.4 Å². The number of halogens is 2. The van der Waals surface area contributed by atoms with Crippen LogP contribution in [0.5, 0.6) is 0 Å². The molecule has 1 saturated heterocycles. The molecule has 2 fully saturated rings. The quantitative estimate of drug-likeness (QED) is 0.652. The lowest BCUT2D eigenvalue weighted by Gasteiger charge is -2.41. The van der Waals surface area contributed by atoms with Gasteiger partial charge in [0.25, 0.3) is 0 Å². The van der Waals surface area contributed by atoms with Gasteiger partial charge in [0.2, 0.25) is 0 Å². The van der Waals surface area contributed by atoms with Crippen LogP contribution in [0.15, 0.2) is 24.7 Å². The van der Waals surface area contributed by atoms with Crippen LogP contribution < -0.4 is 5.32 Å². The average Bonchev–Trinajstić information content (AvgIpc) is 3.30. The second kappa shape index (κ2) is 7.80. The van der Waals surface area contributed by atoms with E-state index in [0.29, 0.717) is 35.2 Å². The number of hydrogen-bond donors (Lipinski definition) is 2. The van der Waals surface area contributed by atoms with Gasteiger partial charge in [-0.2, -0.15) is 0 Å². The summed E-state index contributed by atoms with van der Waals surface area (Å²) in [4.78, 5) is 17.8. The zero-order valence-corrected chi connectivity index (χ0v) is 17.7. The van der Waals surface area contributed by atoms with E-state index in [2.05, 4.69) is 44.1 Å². The summed E-state index contributed by atoms with van der Waals surface area (Å²) in [6.45, 7) is 2.81. The number of aromatic amines is 1. The molecule has 0 unspecified atom stereocenters. The van der Waals surface area contributed by atoms with Crippen LogP contribution in [-0.2, 0) is 4.74 Å². The molecule has 1 aliphatic heterocycles. The van der Waals surface area contributed by atoms with E-state index >= 15 is 0 Å². The minimum atomic E-state index is -0.510. The first-order chi connectivity index (χ1) is 15.0. The molecule has 31 heavy (non-hydrogen) atoms. The Morgan fingerprint density at radius 3 is 3.03 bits per heavy atom. The molecule has 1 saturated carbocycles. The molecule has 0 bridgehead atoms. The number of rotatable bonds is 4. The van der Waals surface area contributed by atoms with Crippen molar-refractivity contribution in [2.45, 2.75) is 56.7 Å². The fourth-order valence-electron chi connectivity index (χ4n) is 5.28. The second-order valence-corrected chi connectivity index (χ2v) is 8.60. The Balaban J connectivity index is 1.42. The van der Waals surface area contributed by atoms with Gasteiger partial charge < -0.3 is 15.0 Å². The summed E-state index contributed by atoms with van der Waals surface area (Å²) in [5.41, 5.74) is 0.907. The standard InChI is InChI=1S/C22H26F2N6O/c1-3-18-22(31-12-30(18)2)6-4-5-14(8-22)28-21-17(24)11-27-20(29-21)16-10-26-19-15(16)7-13(23)9-25-19/h7,9-11,14,18H,3-6,8,12H2,1-2H3,(H,25,26)(H,27,28,29)/t14-,18-,22+/m0/s1. The van der Waals surface area contributed by atoms with Crippen molar-refractivity contribution in [1.29, 1.82) is 0 Å². The first-order valence-electron chi connectivity index (χ1n) is 10.8. The first kappa shape index (κ1) is 20.3. The van der Waals surface area contributed by atoms with Gasteiger partial charge in [0.15, 0.2) is 17.5 Å². The lowest BCUT2D eigenvalue weighted by Crippen LogP contribution is -2.49. The van der Waals surface area contributed by atoms with Gasteiger partial charge in [0.05, 0.1) is 24.7 Å². The fraction of sp³-hybridized carbons (Fsp3) is 0.500. The summed E-state index contributed by atoms with van der Waals surface area (Å²) >= 11 is 0. The summed E-state index contributed by atoms with van der Waals surface area (Å²) in [6.07, 6.45) is 8.73. The minimum Gasteiger partial charge on any atom is -0.365 e. The molecule has 0 aromatic carbocycles. The van der Waals surface area contributed by atoms with Crippen LogP contribution in [0, 0.1) is 11.6 Å². The average molecular weight is 428 g/mol. The summed E-state index contributed by atoms with van der Waals surface area (Å²) < 4.78 is 34.6. The van der Waals surface area contributed by atoms with E-state index in [1.54, 1.807) is 6.20 Å². The van der Waals surface area contributed by atoms with Crippen molar-refractivity contribution in [3.05, 3.63) is 36.3 Å². The van der Waals surface area contributed by atoms with Gasteiger partial charge in [-0.15, -0.1) is 0 Å². The highest BCUT2D eigenvalue weighted by molar-refractivity contribution is 5.91. The van der Waals surface area contributed by atoms with Gasteiger partial charge in [0, 0.05) is 29.2 Å². The largest absolute Gasteiger partial charge is 0.365 e. The number of H-pyrrole nitrogens is 1. The zero-order chi connectivity index (χ0) is 21.6. The van der Waals surface area contributed by atoms with Gasteiger partial charge in [-0.1, -0.05) is 6.92 Å². The monoisotopic (exact) mass is 428 g/mol. The number of pyridine rings is 1. The molecule has 0 amide bonds. The van der Waals surface area contributed by atoms with E-state index in [9.17, 15) is 8.78 Å². The van der Waals surface area contributed by atoms with Gasteiger partial charge in [-0.25, -0.2) is 23.7 Å². The molecular formula is C22H26F2N6O. The Morgan fingerprint density at radius 1 is 1.32 bits per heavy atom. The van der Waals surface area contributed by atoms with Gasteiger partial charge in [-0.3, -0.25) is 4.90 Å². The van der Waals surface area contributed by atoms with Crippen LogP contribution >= 0.6 is 0 Å². The normalized spacial score (nSPS) is 26.7. The minimum absolute atomic E-state index is 0.0497. The molecule has 1 spiro atoms. The fourth-order valence-corrected chi connectivity index (χ4v) is 5.28. The maximum atomic E-state index is 14.6. The third-order valence-corrected chi connectivity index (χ3v) is 6.65. The molecule has 3 atom stereocenters. The Bertz CT molecular complexity index is 1100. The molecule has 2 aliphatic rings. The van der Waals surface area contributed by atoms with Crippen molar-refractivity contribution in [1.82, 2.24) is 24.8 Å². The number of fused-ring (bicyclic) bond motifs is 1. The summed E-state index contributed by atoms with van der Waals surface area (Å²) in [7, 11) is 2.09. The van der Waals surface area contributed by atoms with E-state index in [4.69, 9.17) is 4.74 Å². The van der Waals surface area contributed by atoms with Crippen molar-refractivity contribution >= 4 is 16.9 Å². The molecule has 3 aromatic heterocycles. The van der Waals surface area contributed by atoms with Gasteiger partial charge in [0.1, 0.15) is 11.5 Å². The van der Waals surface area contributed by atoms with Crippen LogP contribution in [0.1, 0.15) is 39.0 Å². The van der Waals surface area contributed by atoms with Crippen molar-refractivity contribution in [3.8, 4) is 11.4 Å². The maximum Gasteiger partial charge on any atom is 0.183 e. The van der Waals surface area contributed by atoms with E-state index in [-0.39, 0.29) is 17.5 Å².